The molecule has 7 heteroatoms. The molecule has 3 aromatic rings. The number of fused-ring (bicyclic) bond motifs is 1. The van der Waals surface area contributed by atoms with Gasteiger partial charge in [-0.15, -0.1) is 0 Å². The predicted molar refractivity (Wildman–Crippen MR) is 99.7 cm³/mol. The highest BCUT2D eigenvalue weighted by molar-refractivity contribution is 5.69. The molecule has 0 aliphatic heterocycles. The molecule has 0 amide bonds. The lowest BCUT2D eigenvalue weighted by Gasteiger charge is -2.04. The van der Waals surface area contributed by atoms with E-state index >= 15 is 0 Å². The van der Waals surface area contributed by atoms with E-state index in [2.05, 4.69) is 17.1 Å². The molecule has 0 spiro atoms. The highest BCUT2D eigenvalue weighted by atomic mass is 16.2. The van der Waals surface area contributed by atoms with Crippen molar-refractivity contribution >= 4 is 11.2 Å². The smallest absolute Gasteiger partial charge is 0.328 e. The molecule has 2 heterocycles. The van der Waals surface area contributed by atoms with E-state index in [0.717, 1.165) is 11.0 Å². The van der Waals surface area contributed by atoms with Gasteiger partial charge in [-0.25, -0.2) is 9.78 Å². The van der Waals surface area contributed by atoms with Gasteiger partial charge in [0.05, 0.1) is 6.33 Å². The minimum atomic E-state index is -0.353. The summed E-state index contributed by atoms with van der Waals surface area (Å²) in [5.41, 5.74) is 7.20. The van der Waals surface area contributed by atoms with Gasteiger partial charge in [-0.3, -0.25) is 13.9 Å². The predicted octanol–water partition coefficient (Wildman–Crippen LogP) is 1.03. The zero-order valence-electron chi connectivity index (χ0n) is 15.1. The first-order valence-corrected chi connectivity index (χ1v) is 8.27. The quantitative estimate of drug-likeness (QED) is 0.769. The summed E-state index contributed by atoms with van der Waals surface area (Å²) in [5, 5.41) is 0. The van der Waals surface area contributed by atoms with Crippen LogP contribution in [0.1, 0.15) is 19.4 Å². The molecule has 0 saturated carbocycles. The highest BCUT2D eigenvalue weighted by Crippen LogP contribution is 2.04. The second kappa shape index (κ2) is 7.94. The molecule has 0 aliphatic rings. The van der Waals surface area contributed by atoms with Gasteiger partial charge in [0, 0.05) is 26.7 Å². The first-order valence-electron chi connectivity index (χ1n) is 8.27. The Morgan fingerprint density at radius 3 is 2.32 bits per heavy atom. The number of hydrogen-bond acceptors (Lipinski definition) is 4. The Morgan fingerprint density at radius 1 is 1.12 bits per heavy atom. The van der Waals surface area contributed by atoms with Crippen molar-refractivity contribution in [1.82, 2.24) is 18.7 Å². The molecular formula is C18H25N5O2. The van der Waals surface area contributed by atoms with Gasteiger partial charge in [-0.1, -0.05) is 30.3 Å². The number of benzene rings is 1. The van der Waals surface area contributed by atoms with Gasteiger partial charge < -0.3 is 10.3 Å². The molecule has 0 bridgehead atoms. The SMILES string of the molecule is CC(N)Cc1ccccc1.CCn1cnc2c1c(=O)n(C)c(=O)n2C. The van der Waals surface area contributed by atoms with Crippen LogP contribution in [0.4, 0.5) is 0 Å². The Kier molecular flexibility index (Phi) is 5.93. The van der Waals surface area contributed by atoms with Gasteiger partial charge in [0.25, 0.3) is 5.56 Å². The summed E-state index contributed by atoms with van der Waals surface area (Å²) in [4.78, 5) is 27.5. The molecule has 0 aliphatic carbocycles. The van der Waals surface area contributed by atoms with Gasteiger partial charge in [0.15, 0.2) is 11.2 Å². The molecule has 2 aromatic heterocycles. The van der Waals surface area contributed by atoms with Gasteiger partial charge in [-0.2, -0.15) is 0 Å². The Bertz CT molecular complexity index is 951. The van der Waals surface area contributed by atoms with Crippen LogP contribution in [0, 0.1) is 0 Å². The Balaban J connectivity index is 0.000000196. The van der Waals surface area contributed by atoms with Crippen molar-refractivity contribution in [1.29, 1.82) is 0 Å². The van der Waals surface area contributed by atoms with Gasteiger partial charge >= 0.3 is 5.69 Å². The standard InChI is InChI=1S/C9H12N4O2.C9H13N/c1-4-13-5-10-7-6(13)8(14)12(3)9(15)11(7)2;1-8(10)7-9-5-3-2-4-6-9/h5H,4H2,1-3H3;2-6,8H,7,10H2,1H3. The number of aromatic nitrogens is 4. The van der Waals surface area contributed by atoms with Crippen LogP contribution in [0.3, 0.4) is 0 Å². The molecule has 0 radical (unpaired) electrons. The van der Waals surface area contributed by atoms with E-state index in [4.69, 9.17) is 5.73 Å². The van der Waals surface area contributed by atoms with Crippen molar-refractivity contribution in [2.45, 2.75) is 32.9 Å². The maximum atomic E-state index is 11.8. The van der Waals surface area contributed by atoms with Crippen molar-refractivity contribution < 1.29 is 0 Å². The van der Waals surface area contributed by atoms with Crippen LogP contribution in [0.15, 0.2) is 46.2 Å². The van der Waals surface area contributed by atoms with Crippen LogP contribution in [0.25, 0.3) is 11.2 Å². The first-order chi connectivity index (χ1) is 11.9. The fourth-order valence-corrected chi connectivity index (χ4v) is 2.62. The zero-order valence-corrected chi connectivity index (χ0v) is 15.1. The molecule has 0 fully saturated rings. The van der Waals surface area contributed by atoms with Crippen molar-refractivity contribution in [3.8, 4) is 0 Å². The lowest BCUT2D eigenvalue weighted by atomic mass is 10.1. The van der Waals surface area contributed by atoms with E-state index in [9.17, 15) is 9.59 Å². The number of nitrogens with zero attached hydrogens (tertiary/aromatic N) is 4. The van der Waals surface area contributed by atoms with Crippen LogP contribution in [-0.4, -0.2) is 24.7 Å². The molecule has 1 aromatic carbocycles. The lowest BCUT2D eigenvalue weighted by molar-refractivity contribution is 0.699. The van der Waals surface area contributed by atoms with E-state index in [1.807, 2.05) is 32.0 Å². The van der Waals surface area contributed by atoms with Gasteiger partial charge in [0.2, 0.25) is 0 Å². The number of nitrogens with two attached hydrogens (primary N) is 1. The zero-order chi connectivity index (χ0) is 18.6. The fraction of sp³-hybridized carbons (Fsp3) is 0.389. The second-order valence-electron chi connectivity index (χ2n) is 6.08. The van der Waals surface area contributed by atoms with Crippen LogP contribution in [0.5, 0.6) is 0 Å². The number of aryl methyl sites for hydroxylation is 2. The number of imidazole rings is 1. The van der Waals surface area contributed by atoms with Crippen LogP contribution in [0.2, 0.25) is 0 Å². The van der Waals surface area contributed by atoms with E-state index in [0.29, 0.717) is 17.7 Å². The highest BCUT2D eigenvalue weighted by Gasteiger charge is 2.12. The second-order valence-corrected chi connectivity index (χ2v) is 6.08. The average molecular weight is 343 g/mol. The van der Waals surface area contributed by atoms with Gasteiger partial charge in [-0.05, 0) is 25.8 Å². The first kappa shape index (κ1) is 18.7. The molecule has 1 atom stereocenters. The normalized spacial score (nSPS) is 11.9. The van der Waals surface area contributed by atoms with Crippen LogP contribution >= 0.6 is 0 Å². The molecule has 134 valence electrons. The Morgan fingerprint density at radius 2 is 1.76 bits per heavy atom. The third-order valence-corrected chi connectivity index (χ3v) is 3.96. The van der Waals surface area contributed by atoms with Crippen LogP contribution in [-0.2, 0) is 27.1 Å². The largest absolute Gasteiger partial charge is 0.332 e. The molecule has 1 unspecified atom stereocenters. The molecule has 0 saturated heterocycles. The summed E-state index contributed by atoms with van der Waals surface area (Å²) < 4.78 is 4.20. The van der Waals surface area contributed by atoms with Crippen molar-refractivity contribution in [3.05, 3.63) is 63.1 Å². The molecule has 25 heavy (non-hydrogen) atoms. The number of hydrogen-bond donors (Lipinski definition) is 1. The summed E-state index contributed by atoms with van der Waals surface area (Å²) in [6.45, 7) is 4.60. The summed E-state index contributed by atoms with van der Waals surface area (Å²) in [7, 11) is 3.08. The third kappa shape index (κ3) is 4.06. The van der Waals surface area contributed by atoms with E-state index < -0.39 is 0 Å². The molecular weight excluding hydrogens is 318 g/mol. The molecule has 3 rings (SSSR count). The monoisotopic (exact) mass is 343 g/mol. The van der Waals surface area contributed by atoms with Crippen molar-refractivity contribution in [2.24, 2.45) is 19.8 Å². The van der Waals surface area contributed by atoms with Crippen molar-refractivity contribution in [2.75, 3.05) is 0 Å². The minimum absolute atomic E-state index is 0.266. The van der Waals surface area contributed by atoms with E-state index in [-0.39, 0.29) is 17.3 Å². The maximum Gasteiger partial charge on any atom is 0.332 e. The summed E-state index contributed by atoms with van der Waals surface area (Å²) in [6, 6.07) is 10.6. The lowest BCUT2D eigenvalue weighted by Crippen LogP contribution is -2.37. The average Bonchev–Trinajstić information content (AvgIpc) is 3.03. The topological polar surface area (TPSA) is 87.8 Å². The van der Waals surface area contributed by atoms with Crippen molar-refractivity contribution in [3.63, 3.8) is 0 Å². The molecule has 7 nitrogen and oxygen atoms in total. The molecule has 2 N–H and O–H groups in total. The summed E-state index contributed by atoms with van der Waals surface area (Å²) in [5.74, 6) is 0. The number of rotatable bonds is 3. The summed E-state index contributed by atoms with van der Waals surface area (Å²) in [6.07, 6.45) is 2.55. The van der Waals surface area contributed by atoms with Gasteiger partial charge in [0.1, 0.15) is 0 Å². The Hall–Kier alpha value is -2.67. The van der Waals surface area contributed by atoms with Crippen LogP contribution < -0.4 is 17.0 Å². The third-order valence-electron chi connectivity index (χ3n) is 3.96. The fourth-order valence-electron chi connectivity index (χ4n) is 2.62. The maximum absolute atomic E-state index is 11.8. The Labute approximate surface area is 146 Å². The van der Waals surface area contributed by atoms with E-state index in [1.165, 1.54) is 17.2 Å². The van der Waals surface area contributed by atoms with E-state index in [1.54, 1.807) is 17.9 Å². The minimum Gasteiger partial charge on any atom is -0.328 e. The summed E-state index contributed by atoms with van der Waals surface area (Å²) >= 11 is 0.